The van der Waals surface area contributed by atoms with E-state index in [1.54, 1.807) is 6.08 Å². The Morgan fingerprint density at radius 3 is 1.08 bits per heavy atom. The number of halogens is 3. The van der Waals surface area contributed by atoms with Gasteiger partial charge in [-0.15, -0.1) is 18.9 Å². The number of carbonyl (C=O) groups is 11. The number of benzene rings is 1. The summed E-state index contributed by atoms with van der Waals surface area (Å²) in [5.74, 6) is 4.89. The first-order valence-corrected chi connectivity index (χ1v) is 40.8. The summed E-state index contributed by atoms with van der Waals surface area (Å²) in [5.41, 5.74) is 4.69. The summed E-state index contributed by atoms with van der Waals surface area (Å²) in [5, 5.41) is 14.2. The van der Waals surface area contributed by atoms with Crippen molar-refractivity contribution in [1.29, 1.82) is 0 Å². The average Bonchev–Trinajstić information content (AvgIpc) is 0.764. The number of nitrogens with one attached hydrogen (secondary N) is 2. The highest BCUT2D eigenvalue weighted by molar-refractivity contribution is 14.1. The third kappa shape index (κ3) is 61.3. The van der Waals surface area contributed by atoms with E-state index in [1.165, 1.54) is 26.7 Å². The fourth-order valence-corrected chi connectivity index (χ4v) is 11.9. The number of likely N-dealkylation sites (N-methyl/N-ethyl adjacent to an activating group) is 1. The van der Waals surface area contributed by atoms with Gasteiger partial charge in [0.2, 0.25) is 11.8 Å². The van der Waals surface area contributed by atoms with E-state index in [0.717, 1.165) is 25.7 Å². The Labute approximate surface area is 690 Å². The Morgan fingerprint density at radius 2 is 0.877 bits per heavy atom. The van der Waals surface area contributed by atoms with E-state index in [2.05, 4.69) is 126 Å². The normalized spacial score (nSPS) is 12.5. The van der Waals surface area contributed by atoms with Crippen molar-refractivity contribution in [3.63, 3.8) is 0 Å². The number of terminal acetylenes is 1. The van der Waals surface area contributed by atoms with Gasteiger partial charge in [0.1, 0.15) is 34.7 Å². The summed E-state index contributed by atoms with van der Waals surface area (Å²) < 4.78 is 2.06. The van der Waals surface area contributed by atoms with Crippen LogP contribution < -0.4 is 16.4 Å². The van der Waals surface area contributed by atoms with Crippen LogP contribution in [0.4, 0.5) is 11.4 Å². The summed E-state index contributed by atoms with van der Waals surface area (Å²) in [7, 11) is 3.81. The molecule has 0 bridgehead atoms. The van der Waals surface area contributed by atoms with Gasteiger partial charge in [0.15, 0.2) is 17.3 Å². The molecule has 0 radical (unpaired) electrons. The number of Topliss-reactive ketones (excluding diaryl/α,β-unsaturated/α-hetero) is 9. The zero-order chi connectivity index (χ0) is 86.9. The summed E-state index contributed by atoms with van der Waals surface area (Å²) in [6, 6.07) is 0. The van der Waals surface area contributed by atoms with Crippen molar-refractivity contribution >= 4 is 143 Å². The van der Waals surface area contributed by atoms with Crippen LogP contribution in [0.25, 0.3) is 0 Å². The van der Waals surface area contributed by atoms with Crippen LogP contribution in [0.3, 0.4) is 0 Å². The predicted molar refractivity (Wildman–Crippen MR) is 475 cm³/mol. The highest BCUT2D eigenvalue weighted by Crippen LogP contribution is 2.41. The highest BCUT2D eigenvalue weighted by Gasteiger charge is 2.33. The lowest BCUT2D eigenvalue weighted by Gasteiger charge is -2.23. The van der Waals surface area contributed by atoms with Crippen molar-refractivity contribution in [2.24, 2.45) is 77.6 Å². The number of nitrogens with two attached hydrogens (primary N) is 1. The van der Waals surface area contributed by atoms with E-state index in [9.17, 15) is 52.7 Å². The first-order valence-electron chi connectivity index (χ1n) is 37.6. The summed E-state index contributed by atoms with van der Waals surface area (Å²) in [6.07, 6.45) is 15.9. The van der Waals surface area contributed by atoms with Crippen LogP contribution >= 0.6 is 67.8 Å². The zero-order valence-corrected chi connectivity index (χ0v) is 81.1. The first kappa shape index (κ1) is 118. The number of ketones is 9. The standard InChI is InChI=1S/C15H17I3N2O3.C12H24O.C10H20O.C9H18O2.C9H18O.C9H16O.C9H14O.C8H17NO.C6H13NO/c1-6(21)19-12-9(16)8(14(23)15(3,4)5)10(17)13(11(12)18)20-7(2)22;1-6-8-9-10(7-2)11(13)12(3,4)5;1-9(2,3)7-8(11)10(4,5)6;1-7(6-10)5-8(11)9(2,3)4;1-6-7(2)8(10)9(3,4)5;2*1-5-6-7-8(10)9(2,3)4;1-8(2,3)7(10)6-9(4)5;1-6(2,3)5(8)4-7/h1-5H3,(H,19,21)(H,20,22);10H,6-9H2,1-5H3;7H2,1-6H3;7,10H,5-6H2,1-4H3;7H,6H2,1-5H3;5H,1,6-7H2,2-4H3;1H,6-7H2,2-4H3;6H2,1-5H3;4,7H2,1-3H3. The molecule has 1 aromatic carbocycles. The smallest absolute Gasteiger partial charge is 0.221 e. The number of unbranched alkanes of at least 4 members (excludes halogenated alkanes) is 1. The molecule has 5 N–H and O–H groups in total. The quantitative estimate of drug-likeness (QED) is 0.0364. The van der Waals surface area contributed by atoms with Gasteiger partial charge in [-0.25, -0.2) is 0 Å². The lowest BCUT2D eigenvalue weighted by atomic mass is 9.80. The van der Waals surface area contributed by atoms with Gasteiger partial charge >= 0.3 is 0 Å². The minimum atomic E-state index is -0.576. The van der Waals surface area contributed by atoms with Crippen LogP contribution in [-0.2, 0) is 47.9 Å². The maximum Gasteiger partial charge on any atom is 0.221 e. The van der Waals surface area contributed by atoms with Crippen LogP contribution in [0.2, 0.25) is 0 Å². The number of aliphatic hydroxyl groups excluding tert-OH is 1. The van der Waals surface area contributed by atoms with Crippen molar-refractivity contribution in [2.75, 3.05) is 44.4 Å². The second-order valence-electron chi connectivity index (χ2n) is 38.0. The number of carbonyl (C=O) groups excluding carboxylic acids is 11. The van der Waals surface area contributed by atoms with E-state index in [1.807, 2.05) is 227 Å². The molecule has 0 aliphatic rings. The lowest BCUT2D eigenvalue weighted by molar-refractivity contribution is -0.131. The maximum absolute atomic E-state index is 12.9. The van der Waals surface area contributed by atoms with Crippen LogP contribution in [-0.4, -0.2) is 108 Å². The summed E-state index contributed by atoms with van der Waals surface area (Å²) in [6.45, 7) is 75.8. The molecular weight excluding hydrogens is 1670 g/mol. The van der Waals surface area contributed by atoms with Gasteiger partial charge in [0.25, 0.3) is 0 Å². The molecule has 0 aliphatic heterocycles. The predicted octanol–water partition coefficient (Wildman–Crippen LogP) is 22.1. The number of nitrogens with zero attached hydrogens (tertiary/aromatic N) is 1. The van der Waals surface area contributed by atoms with Gasteiger partial charge in [-0.05, 0) is 119 Å². The average molecular weight is 1830 g/mol. The summed E-state index contributed by atoms with van der Waals surface area (Å²) >= 11 is 6.22. The molecule has 2 amide bonds. The van der Waals surface area contributed by atoms with E-state index >= 15 is 0 Å². The Morgan fingerprint density at radius 1 is 0.519 bits per heavy atom. The summed E-state index contributed by atoms with van der Waals surface area (Å²) in [4.78, 5) is 128. The van der Waals surface area contributed by atoms with Gasteiger partial charge < -0.3 is 26.4 Å². The van der Waals surface area contributed by atoms with Crippen molar-refractivity contribution in [2.45, 2.75) is 327 Å². The van der Waals surface area contributed by atoms with Gasteiger partial charge in [0, 0.05) is 126 Å². The molecular formula is C87H157I3N4O12. The molecule has 1 aromatic rings. The van der Waals surface area contributed by atoms with Gasteiger partial charge in [0.05, 0.1) is 28.0 Å². The maximum atomic E-state index is 12.9. The Kier molecular flexibility index (Phi) is 60.6. The Bertz CT molecular complexity index is 2880. The van der Waals surface area contributed by atoms with Crippen LogP contribution in [0.15, 0.2) is 12.7 Å². The van der Waals surface area contributed by atoms with Crippen LogP contribution in [0, 0.1) is 95.0 Å². The molecule has 0 spiro atoms. The van der Waals surface area contributed by atoms with Crippen molar-refractivity contribution in [3.8, 4) is 12.3 Å². The monoisotopic (exact) mass is 1830 g/mol. The van der Waals surface area contributed by atoms with E-state index in [4.69, 9.17) is 17.3 Å². The van der Waals surface area contributed by atoms with E-state index in [0.29, 0.717) is 95.3 Å². The molecule has 16 nitrogen and oxygen atoms in total. The molecule has 618 valence electrons. The number of rotatable bonds is 22. The number of aliphatic hydroxyl groups is 1. The second kappa shape index (κ2) is 54.3. The number of hydrogen-bond acceptors (Lipinski definition) is 14. The van der Waals surface area contributed by atoms with Crippen molar-refractivity contribution < 1.29 is 57.8 Å². The topological polar surface area (TPSA) is 261 Å². The minimum absolute atomic E-state index is 0.0408. The molecule has 0 saturated heterocycles. The molecule has 106 heavy (non-hydrogen) atoms. The minimum Gasteiger partial charge on any atom is -0.396 e. The SMILES string of the molecule is C#CCCC(=O)C(C)(C)C.C=CCCC(=O)C(C)(C)C.CC(=O)Nc1c(I)c(NC(C)=O)c(I)c(C(=O)C(C)(C)C)c1I.CC(C)(C)C(=O)CN.CC(C)(C)CC(=O)C(C)(C)C.CC(CO)CC(=O)C(C)(C)C.CCC(C)C(=O)C(C)(C)C.CCCCC(CC)C(=O)C(C)(C)C.CN(C)CC(=O)C(C)(C)C. The fraction of sp³-hybridized carbons (Fsp3) is 0.759. The molecule has 3 unspecified atom stereocenters. The first-order chi connectivity index (χ1) is 47.0. The zero-order valence-electron chi connectivity index (χ0n) is 74.6. The molecule has 0 aliphatic carbocycles. The van der Waals surface area contributed by atoms with Crippen LogP contribution in [0.1, 0.15) is 337 Å². The largest absolute Gasteiger partial charge is 0.396 e. The third-order valence-corrected chi connectivity index (χ3v) is 18.6. The Balaban J connectivity index is -0.000000174. The van der Waals surface area contributed by atoms with Crippen molar-refractivity contribution in [3.05, 3.63) is 28.9 Å². The third-order valence-electron chi connectivity index (χ3n) is 15.4. The van der Waals surface area contributed by atoms with E-state index in [-0.39, 0.29) is 114 Å². The van der Waals surface area contributed by atoms with Gasteiger partial charge in [-0.3, -0.25) is 52.7 Å². The second-order valence-corrected chi connectivity index (χ2v) is 41.3. The lowest BCUT2D eigenvalue weighted by Crippen LogP contribution is -2.31. The molecule has 19 heteroatoms. The van der Waals surface area contributed by atoms with Gasteiger partial charge in [-0.2, -0.15) is 0 Å². The van der Waals surface area contributed by atoms with E-state index < -0.39 is 5.41 Å². The molecule has 0 heterocycles. The molecule has 0 aromatic heterocycles. The molecule has 0 fully saturated rings. The molecule has 1 rings (SSSR count). The van der Waals surface area contributed by atoms with Crippen molar-refractivity contribution in [1.82, 2.24) is 4.90 Å². The fourth-order valence-electron chi connectivity index (χ4n) is 7.75. The van der Waals surface area contributed by atoms with Crippen LogP contribution in [0.5, 0.6) is 0 Å². The molecule has 0 saturated carbocycles. The number of amides is 2. The number of anilines is 2. The van der Waals surface area contributed by atoms with Gasteiger partial charge in [-0.1, -0.05) is 261 Å². The number of hydrogen-bond donors (Lipinski definition) is 4. The highest BCUT2D eigenvalue weighted by atomic mass is 127. The molecule has 3 atom stereocenters. The Hall–Kier alpha value is -3.44. The number of allylic oxidation sites excluding steroid dienone is 1.